The van der Waals surface area contributed by atoms with Crippen molar-refractivity contribution in [3.63, 3.8) is 0 Å². The number of hydrogen-bond donors (Lipinski definition) is 3. The number of nitriles is 1. The molecule has 0 fully saturated rings. The number of carbonyl (C=O) groups is 1. The van der Waals surface area contributed by atoms with Gasteiger partial charge in [0.2, 0.25) is 0 Å². The Kier molecular flexibility index (Phi) is 5.89. The van der Waals surface area contributed by atoms with Crippen molar-refractivity contribution in [2.24, 2.45) is 0 Å². The molecule has 2 rings (SSSR count). The lowest BCUT2D eigenvalue weighted by Gasteiger charge is -2.06. The van der Waals surface area contributed by atoms with Crippen molar-refractivity contribution in [3.8, 4) is 6.07 Å². The maximum Gasteiger partial charge on any atom is 0.294 e. The van der Waals surface area contributed by atoms with E-state index in [-0.39, 0.29) is 16.2 Å². The Bertz CT molecular complexity index is 932. The first-order valence-electron chi connectivity index (χ1n) is 7.16. The molecule has 2 aromatic carbocycles. The average Bonchev–Trinajstić information content (AvgIpc) is 2.59. The molecule has 0 bridgehead atoms. The van der Waals surface area contributed by atoms with Crippen LogP contribution < -0.4 is 10.6 Å². The molecular formula is C17H15N3O4S. The molecule has 0 spiro atoms. The van der Waals surface area contributed by atoms with Crippen LogP contribution in [0.25, 0.3) is 0 Å². The summed E-state index contributed by atoms with van der Waals surface area (Å²) in [6.07, 6.45) is 1.29. The van der Waals surface area contributed by atoms with E-state index in [9.17, 15) is 13.2 Å². The molecule has 0 radical (unpaired) electrons. The molecule has 0 aliphatic carbocycles. The topological polar surface area (TPSA) is 119 Å². The molecule has 128 valence electrons. The van der Waals surface area contributed by atoms with Gasteiger partial charge in [0.1, 0.15) is 11.6 Å². The summed E-state index contributed by atoms with van der Waals surface area (Å²) in [6, 6.07) is 16.3. The molecule has 0 aliphatic rings. The van der Waals surface area contributed by atoms with E-state index in [0.717, 1.165) is 11.6 Å². The van der Waals surface area contributed by atoms with E-state index in [1.807, 2.05) is 30.3 Å². The maximum absolute atomic E-state index is 12.1. The second-order valence-electron chi connectivity index (χ2n) is 4.99. The summed E-state index contributed by atoms with van der Waals surface area (Å²) in [5.74, 6) is -0.699. The molecule has 0 aromatic heterocycles. The second-order valence-corrected chi connectivity index (χ2v) is 6.41. The van der Waals surface area contributed by atoms with Gasteiger partial charge in [-0.1, -0.05) is 36.4 Å². The van der Waals surface area contributed by atoms with E-state index in [1.165, 1.54) is 24.4 Å². The fraction of sp³-hybridized carbons (Fsp3) is 0.0588. The van der Waals surface area contributed by atoms with Gasteiger partial charge in [-0.25, -0.2) is 0 Å². The molecule has 0 saturated carbocycles. The maximum atomic E-state index is 12.1. The van der Waals surface area contributed by atoms with Gasteiger partial charge in [-0.2, -0.15) is 13.7 Å². The highest BCUT2D eigenvalue weighted by Gasteiger charge is 2.13. The molecule has 7 nitrogen and oxygen atoms in total. The Hall–Kier alpha value is -3.15. The lowest BCUT2D eigenvalue weighted by Crippen LogP contribution is -2.17. The van der Waals surface area contributed by atoms with E-state index in [4.69, 9.17) is 9.81 Å². The van der Waals surface area contributed by atoms with Crippen LogP contribution in [0.1, 0.15) is 5.56 Å². The highest BCUT2D eigenvalue weighted by molar-refractivity contribution is 7.85. The highest BCUT2D eigenvalue weighted by atomic mass is 32.2. The van der Waals surface area contributed by atoms with Crippen LogP contribution in [0.5, 0.6) is 0 Å². The van der Waals surface area contributed by atoms with Crippen LogP contribution in [0.2, 0.25) is 0 Å². The van der Waals surface area contributed by atoms with Crippen LogP contribution >= 0.6 is 0 Å². The standard InChI is InChI=1S/C17H15N3O4S/c18-10-14(12-19-11-13-5-2-1-3-6-13)17(21)20-15-7-4-8-16(9-15)25(22,23)24/h1-9,12,19H,11H2,(H,20,21)(H,22,23,24)/b14-12-. The Morgan fingerprint density at radius 1 is 1.16 bits per heavy atom. The van der Waals surface area contributed by atoms with Gasteiger partial charge in [-0.05, 0) is 23.8 Å². The summed E-state index contributed by atoms with van der Waals surface area (Å²) in [4.78, 5) is 11.7. The Morgan fingerprint density at radius 3 is 2.52 bits per heavy atom. The van der Waals surface area contributed by atoms with Crippen molar-refractivity contribution >= 4 is 21.7 Å². The minimum atomic E-state index is -4.38. The molecular weight excluding hydrogens is 342 g/mol. The van der Waals surface area contributed by atoms with Crippen molar-refractivity contribution in [2.45, 2.75) is 11.4 Å². The van der Waals surface area contributed by atoms with Crippen molar-refractivity contribution in [3.05, 3.63) is 71.9 Å². The van der Waals surface area contributed by atoms with Gasteiger partial charge in [0.15, 0.2) is 0 Å². The number of benzene rings is 2. The zero-order chi connectivity index (χ0) is 18.3. The lowest BCUT2D eigenvalue weighted by atomic mass is 10.2. The predicted molar refractivity (Wildman–Crippen MR) is 91.9 cm³/mol. The van der Waals surface area contributed by atoms with Crippen molar-refractivity contribution in [1.82, 2.24) is 5.32 Å². The van der Waals surface area contributed by atoms with Crippen LogP contribution in [-0.2, 0) is 21.5 Å². The monoisotopic (exact) mass is 357 g/mol. The third-order valence-electron chi connectivity index (χ3n) is 3.15. The van der Waals surface area contributed by atoms with Gasteiger partial charge in [0, 0.05) is 18.4 Å². The fourth-order valence-corrected chi connectivity index (χ4v) is 2.47. The summed E-state index contributed by atoms with van der Waals surface area (Å²) in [7, 11) is -4.38. The molecule has 2 aromatic rings. The van der Waals surface area contributed by atoms with E-state index >= 15 is 0 Å². The van der Waals surface area contributed by atoms with E-state index in [1.54, 1.807) is 6.07 Å². The van der Waals surface area contributed by atoms with E-state index < -0.39 is 16.0 Å². The third-order valence-corrected chi connectivity index (χ3v) is 4.00. The number of anilines is 1. The van der Waals surface area contributed by atoms with Crippen molar-refractivity contribution < 1.29 is 17.8 Å². The predicted octanol–water partition coefficient (Wildman–Crippen LogP) is 2.07. The first-order chi connectivity index (χ1) is 11.9. The molecule has 8 heteroatoms. The van der Waals surface area contributed by atoms with Gasteiger partial charge in [0.05, 0.1) is 4.90 Å². The molecule has 0 heterocycles. The fourth-order valence-electron chi connectivity index (χ4n) is 1.95. The molecule has 0 unspecified atom stereocenters. The first kappa shape index (κ1) is 18.2. The average molecular weight is 357 g/mol. The summed E-state index contributed by atoms with van der Waals surface area (Å²) in [5.41, 5.74) is 0.954. The number of carbonyl (C=O) groups excluding carboxylic acids is 1. The highest BCUT2D eigenvalue weighted by Crippen LogP contribution is 2.15. The van der Waals surface area contributed by atoms with Gasteiger partial charge >= 0.3 is 0 Å². The normalized spacial score (nSPS) is 11.4. The molecule has 25 heavy (non-hydrogen) atoms. The van der Waals surface area contributed by atoms with Gasteiger partial charge in [0.25, 0.3) is 16.0 Å². The Balaban J connectivity index is 2.05. The van der Waals surface area contributed by atoms with Crippen LogP contribution in [0.4, 0.5) is 5.69 Å². The van der Waals surface area contributed by atoms with Crippen LogP contribution in [0.3, 0.4) is 0 Å². The van der Waals surface area contributed by atoms with Crippen LogP contribution in [-0.4, -0.2) is 18.9 Å². The summed E-state index contributed by atoms with van der Waals surface area (Å²) < 4.78 is 31.2. The summed E-state index contributed by atoms with van der Waals surface area (Å²) in [6.45, 7) is 0.442. The van der Waals surface area contributed by atoms with Gasteiger partial charge in [-0.15, -0.1) is 0 Å². The molecule has 0 saturated heterocycles. The SMILES string of the molecule is N#C/C(=C/NCc1ccccc1)C(=O)Nc1cccc(S(=O)(=O)O)c1. The van der Waals surface area contributed by atoms with Crippen LogP contribution in [0.15, 0.2) is 71.3 Å². The molecule has 3 N–H and O–H groups in total. The quantitative estimate of drug-likeness (QED) is 0.414. The lowest BCUT2D eigenvalue weighted by molar-refractivity contribution is -0.112. The summed E-state index contributed by atoms with van der Waals surface area (Å²) >= 11 is 0. The third kappa shape index (κ3) is 5.46. The number of amides is 1. The number of nitrogens with zero attached hydrogens (tertiary/aromatic N) is 1. The van der Waals surface area contributed by atoms with E-state index in [0.29, 0.717) is 6.54 Å². The van der Waals surface area contributed by atoms with Gasteiger partial charge < -0.3 is 10.6 Å². The van der Waals surface area contributed by atoms with E-state index in [2.05, 4.69) is 10.6 Å². The number of rotatable bonds is 6. The summed E-state index contributed by atoms with van der Waals surface area (Å²) in [5, 5.41) is 14.4. The molecule has 0 aliphatic heterocycles. The van der Waals surface area contributed by atoms with Crippen molar-refractivity contribution in [2.75, 3.05) is 5.32 Å². The minimum Gasteiger partial charge on any atom is -0.386 e. The van der Waals surface area contributed by atoms with Crippen molar-refractivity contribution in [1.29, 1.82) is 5.26 Å². The Morgan fingerprint density at radius 2 is 1.88 bits per heavy atom. The second kappa shape index (κ2) is 8.10. The molecule has 0 atom stereocenters. The van der Waals surface area contributed by atoms with Crippen LogP contribution in [0, 0.1) is 11.3 Å². The Labute approximate surface area is 145 Å². The number of nitrogens with one attached hydrogen (secondary N) is 2. The zero-order valence-corrected chi connectivity index (χ0v) is 13.8. The molecule has 1 amide bonds. The largest absolute Gasteiger partial charge is 0.386 e. The smallest absolute Gasteiger partial charge is 0.294 e. The minimum absolute atomic E-state index is 0.143. The van der Waals surface area contributed by atoms with Gasteiger partial charge in [-0.3, -0.25) is 9.35 Å². The zero-order valence-electron chi connectivity index (χ0n) is 13.0. The number of hydrogen-bond acceptors (Lipinski definition) is 5. The first-order valence-corrected chi connectivity index (χ1v) is 8.60.